The smallest absolute Gasteiger partial charge is 0.242 e. The van der Waals surface area contributed by atoms with Gasteiger partial charge in [0.15, 0.2) is 0 Å². The third-order valence-electron chi connectivity index (χ3n) is 5.71. The van der Waals surface area contributed by atoms with Gasteiger partial charge in [0.05, 0.1) is 5.71 Å². The van der Waals surface area contributed by atoms with Crippen LogP contribution in [0.2, 0.25) is 0 Å². The lowest BCUT2D eigenvalue weighted by Gasteiger charge is -2.26. The Kier molecular flexibility index (Phi) is 5.85. The van der Waals surface area contributed by atoms with E-state index in [4.69, 9.17) is 10.7 Å². The summed E-state index contributed by atoms with van der Waals surface area (Å²) in [7, 11) is 0. The first-order chi connectivity index (χ1) is 14.2. The van der Waals surface area contributed by atoms with Crippen LogP contribution in [-0.4, -0.2) is 17.7 Å². The molecular formula is C26H26N2O. The minimum Gasteiger partial charge on any atom is -0.368 e. The first-order valence-electron chi connectivity index (χ1n) is 10.3. The lowest BCUT2D eigenvalue weighted by Crippen LogP contribution is -2.32. The summed E-state index contributed by atoms with van der Waals surface area (Å²) in [6.45, 7) is 0. The van der Waals surface area contributed by atoms with Crippen molar-refractivity contribution in [3.8, 4) is 0 Å². The van der Waals surface area contributed by atoms with E-state index < -0.39 is 6.04 Å². The van der Waals surface area contributed by atoms with Gasteiger partial charge >= 0.3 is 0 Å². The van der Waals surface area contributed by atoms with Crippen molar-refractivity contribution in [1.82, 2.24) is 0 Å². The van der Waals surface area contributed by atoms with Crippen molar-refractivity contribution < 1.29 is 4.79 Å². The van der Waals surface area contributed by atoms with Gasteiger partial charge in [-0.05, 0) is 42.7 Å². The number of nitrogens with two attached hydrogens (primary N) is 1. The number of rotatable bonds is 6. The van der Waals surface area contributed by atoms with Gasteiger partial charge in [-0.25, -0.2) is 0 Å². The molecule has 1 aliphatic carbocycles. The maximum absolute atomic E-state index is 12.3. The van der Waals surface area contributed by atoms with Crippen LogP contribution in [0.1, 0.15) is 35.1 Å². The molecular weight excluding hydrogens is 356 g/mol. The first kappa shape index (κ1) is 19.1. The Morgan fingerprint density at radius 3 is 2.00 bits per heavy atom. The highest BCUT2D eigenvalue weighted by molar-refractivity contribution is 6.13. The summed E-state index contributed by atoms with van der Waals surface area (Å²) < 4.78 is 0. The van der Waals surface area contributed by atoms with E-state index in [-0.39, 0.29) is 5.91 Å². The summed E-state index contributed by atoms with van der Waals surface area (Å²) >= 11 is 0. The molecule has 1 amide bonds. The van der Waals surface area contributed by atoms with Gasteiger partial charge in [0, 0.05) is 11.1 Å². The molecule has 4 rings (SSSR count). The predicted molar refractivity (Wildman–Crippen MR) is 118 cm³/mol. The summed E-state index contributed by atoms with van der Waals surface area (Å²) in [4.78, 5) is 17.2. The van der Waals surface area contributed by atoms with E-state index in [0.717, 1.165) is 36.1 Å². The molecule has 3 aromatic carbocycles. The first-order valence-corrected chi connectivity index (χ1v) is 10.3. The SMILES string of the molecule is NC(=O)C(CC1CCc2ccccc2C1)N=C(c1ccccc1)c1ccccc1. The number of hydrogen-bond acceptors (Lipinski definition) is 2. The van der Waals surface area contributed by atoms with E-state index in [9.17, 15) is 4.79 Å². The fourth-order valence-corrected chi connectivity index (χ4v) is 4.19. The van der Waals surface area contributed by atoms with Crippen LogP contribution in [0.15, 0.2) is 89.9 Å². The second kappa shape index (κ2) is 8.87. The summed E-state index contributed by atoms with van der Waals surface area (Å²) in [5, 5.41) is 0. The number of primary amides is 1. The zero-order valence-corrected chi connectivity index (χ0v) is 16.5. The van der Waals surface area contributed by atoms with Crippen molar-refractivity contribution >= 4 is 11.6 Å². The molecule has 0 fully saturated rings. The molecule has 2 N–H and O–H groups in total. The van der Waals surface area contributed by atoms with Gasteiger partial charge in [-0.15, -0.1) is 0 Å². The number of benzene rings is 3. The number of nitrogens with zero attached hydrogens (tertiary/aromatic N) is 1. The Morgan fingerprint density at radius 1 is 0.862 bits per heavy atom. The number of aryl methyl sites for hydroxylation is 1. The van der Waals surface area contributed by atoms with Crippen LogP contribution < -0.4 is 5.73 Å². The second-order valence-corrected chi connectivity index (χ2v) is 7.74. The van der Waals surface area contributed by atoms with Gasteiger partial charge < -0.3 is 5.73 Å². The molecule has 3 heteroatoms. The minimum absolute atomic E-state index is 0.353. The maximum Gasteiger partial charge on any atom is 0.242 e. The summed E-state index contributed by atoms with van der Waals surface area (Å²) in [5.74, 6) is 0.0622. The molecule has 0 bridgehead atoms. The molecule has 146 valence electrons. The fourth-order valence-electron chi connectivity index (χ4n) is 4.19. The van der Waals surface area contributed by atoms with E-state index in [0.29, 0.717) is 12.3 Å². The van der Waals surface area contributed by atoms with Gasteiger partial charge in [0.25, 0.3) is 0 Å². The molecule has 3 aromatic rings. The largest absolute Gasteiger partial charge is 0.368 e. The Balaban J connectivity index is 1.63. The van der Waals surface area contributed by atoms with Crippen LogP contribution in [0, 0.1) is 5.92 Å². The van der Waals surface area contributed by atoms with Crippen LogP contribution in [0.5, 0.6) is 0 Å². The van der Waals surface area contributed by atoms with E-state index >= 15 is 0 Å². The summed E-state index contributed by atoms with van der Waals surface area (Å²) in [5.41, 5.74) is 11.4. The number of carbonyl (C=O) groups is 1. The van der Waals surface area contributed by atoms with Crippen LogP contribution >= 0.6 is 0 Å². The molecule has 0 aliphatic heterocycles. The van der Waals surface area contributed by atoms with Crippen LogP contribution in [0.3, 0.4) is 0 Å². The van der Waals surface area contributed by atoms with Crippen molar-refractivity contribution in [2.45, 2.75) is 31.7 Å². The molecule has 2 unspecified atom stereocenters. The Morgan fingerprint density at radius 2 is 1.41 bits per heavy atom. The monoisotopic (exact) mass is 382 g/mol. The number of fused-ring (bicyclic) bond motifs is 1. The van der Waals surface area contributed by atoms with Gasteiger partial charge in [-0.1, -0.05) is 84.9 Å². The molecule has 3 nitrogen and oxygen atoms in total. The zero-order chi connectivity index (χ0) is 20.1. The van der Waals surface area contributed by atoms with E-state index in [1.54, 1.807) is 0 Å². The average molecular weight is 383 g/mol. The van der Waals surface area contributed by atoms with Crippen LogP contribution in [0.25, 0.3) is 0 Å². The number of aliphatic imine (C=N–C) groups is 1. The highest BCUT2D eigenvalue weighted by atomic mass is 16.1. The summed E-state index contributed by atoms with van der Waals surface area (Å²) in [6, 6.07) is 28.1. The van der Waals surface area contributed by atoms with Crippen molar-refractivity contribution in [2.24, 2.45) is 16.6 Å². The molecule has 0 heterocycles. The molecule has 0 saturated carbocycles. The Labute approximate surface area is 172 Å². The average Bonchev–Trinajstić information content (AvgIpc) is 2.77. The second-order valence-electron chi connectivity index (χ2n) is 7.74. The third kappa shape index (κ3) is 4.62. The van der Waals surface area contributed by atoms with Crippen molar-refractivity contribution in [3.05, 3.63) is 107 Å². The van der Waals surface area contributed by atoms with E-state index in [2.05, 4.69) is 24.3 Å². The highest BCUT2D eigenvalue weighted by Crippen LogP contribution is 2.29. The molecule has 2 atom stereocenters. The Bertz CT molecular complexity index is 954. The quantitative estimate of drug-likeness (QED) is 0.624. The molecule has 0 spiro atoms. The van der Waals surface area contributed by atoms with Crippen molar-refractivity contribution in [1.29, 1.82) is 0 Å². The lowest BCUT2D eigenvalue weighted by atomic mass is 9.80. The third-order valence-corrected chi connectivity index (χ3v) is 5.71. The topological polar surface area (TPSA) is 55.5 Å². The molecule has 1 aliphatic rings. The molecule has 0 saturated heterocycles. The van der Waals surface area contributed by atoms with Gasteiger partial charge in [0.1, 0.15) is 6.04 Å². The number of carbonyl (C=O) groups excluding carboxylic acids is 1. The van der Waals surface area contributed by atoms with Crippen molar-refractivity contribution in [3.63, 3.8) is 0 Å². The van der Waals surface area contributed by atoms with Crippen molar-refractivity contribution in [2.75, 3.05) is 0 Å². The Hall–Kier alpha value is -3.20. The maximum atomic E-state index is 12.3. The van der Waals surface area contributed by atoms with Crippen LogP contribution in [-0.2, 0) is 17.6 Å². The predicted octanol–water partition coefficient (Wildman–Crippen LogP) is 4.57. The zero-order valence-electron chi connectivity index (χ0n) is 16.5. The molecule has 0 radical (unpaired) electrons. The number of amides is 1. The fraction of sp³-hybridized carbons (Fsp3) is 0.231. The van der Waals surface area contributed by atoms with Gasteiger partial charge in [-0.2, -0.15) is 0 Å². The van der Waals surface area contributed by atoms with Gasteiger partial charge in [-0.3, -0.25) is 9.79 Å². The van der Waals surface area contributed by atoms with E-state index in [1.807, 2.05) is 60.7 Å². The lowest BCUT2D eigenvalue weighted by molar-refractivity contribution is -0.119. The number of hydrogen-bond donors (Lipinski definition) is 1. The molecule has 0 aromatic heterocycles. The minimum atomic E-state index is -0.527. The standard InChI is InChI=1S/C26H26N2O/c27-26(29)24(18-19-15-16-20-9-7-8-14-23(20)17-19)28-25(21-10-3-1-4-11-21)22-12-5-2-6-13-22/h1-14,19,24H,15-18H2,(H2,27,29). The summed E-state index contributed by atoms with van der Waals surface area (Å²) in [6.07, 6.45) is 3.80. The highest BCUT2D eigenvalue weighted by Gasteiger charge is 2.25. The molecule has 29 heavy (non-hydrogen) atoms. The van der Waals surface area contributed by atoms with Gasteiger partial charge in [0.2, 0.25) is 5.91 Å². The van der Waals surface area contributed by atoms with Crippen LogP contribution in [0.4, 0.5) is 0 Å². The van der Waals surface area contributed by atoms with E-state index in [1.165, 1.54) is 11.1 Å². The normalized spacial score (nSPS) is 16.5.